The largest absolute Gasteiger partial charge is 0.497 e. The molecule has 0 heterocycles. The summed E-state index contributed by atoms with van der Waals surface area (Å²) in [6.45, 7) is 2.60. The van der Waals surface area contributed by atoms with Gasteiger partial charge in [0.05, 0.1) is 7.11 Å². The lowest BCUT2D eigenvalue weighted by atomic mass is 9.91. The Hall–Kier alpha value is -2.33. The molecule has 4 nitrogen and oxygen atoms in total. The van der Waals surface area contributed by atoms with Crippen LogP contribution in [0.4, 0.5) is 0 Å². The third-order valence-electron chi connectivity index (χ3n) is 3.76. The molecule has 0 aliphatic rings. The third-order valence-corrected chi connectivity index (χ3v) is 3.76. The van der Waals surface area contributed by atoms with Crippen LogP contribution >= 0.6 is 0 Å². The molecule has 0 aromatic heterocycles. The van der Waals surface area contributed by atoms with Crippen molar-refractivity contribution in [2.24, 2.45) is 0 Å². The summed E-state index contributed by atoms with van der Waals surface area (Å²) in [5, 5.41) is 0. The van der Waals surface area contributed by atoms with Crippen LogP contribution in [0.2, 0.25) is 0 Å². The predicted octanol–water partition coefficient (Wildman–Crippen LogP) is 3.32. The van der Waals surface area contributed by atoms with Crippen molar-refractivity contribution in [1.82, 2.24) is 4.90 Å². The number of carbonyl (C=O) groups excluding carboxylic acids is 1. The van der Waals surface area contributed by atoms with Gasteiger partial charge in [-0.05, 0) is 44.3 Å². The molecule has 0 saturated carbocycles. The van der Waals surface area contributed by atoms with E-state index < -0.39 is 5.92 Å². The van der Waals surface area contributed by atoms with Crippen molar-refractivity contribution in [3.05, 3.63) is 65.7 Å². The van der Waals surface area contributed by atoms with Crippen LogP contribution in [0.25, 0.3) is 0 Å². The zero-order valence-electron chi connectivity index (χ0n) is 14.7. The Labute approximate surface area is 144 Å². The number of ether oxygens (including phenoxy) is 2. The summed E-state index contributed by atoms with van der Waals surface area (Å²) in [6, 6.07) is 17.3. The van der Waals surface area contributed by atoms with Crippen LogP contribution in [0.5, 0.6) is 5.75 Å². The highest BCUT2D eigenvalue weighted by Crippen LogP contribution is 2.28. The molecule has 0 spiro atoms. The highest BCUT2D eigenvalue weighted by molar-refractivity contribution is 5.82. The van der Waals surface area contributed by atoms with Crippen LogP contribution < -0.4 is 4.74 Å². The fourth-order valence-corrected chi connectivity index (χ4v) is 2.72. The van der Waals surface area contributed by atoms with Crippen molar-refractivity contribution in [2.45, 2.75) is 18.9 Å². The maximum absolute atomic E-state index is 12.8. The molecule has 0 amide bonds. The van der Waals surface area contributed by atoms with E-state index in [0.717, 1.165) is 16.9 Å². The van der Waals surface area contributed by atoms with Crippen molar-refractivity contribution in [2.75, 3.05) is 27.7 Å². The van der Waals surface area contributed by atoms with E-state index in [1.165, 1.54) is 0 Å². The number of hydrogen-bond acceptors (Lipinski definition) is 4. The Bertz CT molecular complexity index is 638. The number of rotatable bonds is 7. The number of likely N-dealkylation sites (N-methyl/N-ethyl adjacent to an activating group) is 1. The van der Waals surface area contributed by atoms with E-state index in [0.29, 0.717) is 6.54 Å². The van der Waals surface area contributed by atoms with E-state index in [4.69, 9.17) is 9.47 Å². The monoisotopic (exact) mass is 327 g/mol. The summed E-state index contributed by atoms with van der Waals surface area (Å²) >= 11 is 0. The molecule has 0 aliphatic heterocycles. The second-order valence-corrected chi connectivity index (χ2v) is 6.13. The first-order valence-electron chi connectivity index (χ1n) is 8.05. The van der Waals surface area contributed by atoms with Gasteiger partial charge in [-0.15, -0.1) is 0 Å². The maximum Gasteiger partial charge on any atom is 0.318 e. The highest BCUT2D eigenvalue weighted by Gasteiger charge is 2.26. The molecule has 0 aliphatic carbocycles. The molecule has 24 heavy (non-hydrogen) atoms. The summed E-state index contributed by atoms with van der Waals surface area (Å²) in [5.74, 6) is 0.0855. The van der Waals surface area contributed by atoms with E-state index >= 15 is 0 Å². The average molecular weight is 327 g/mol. The fraction of sp³-hybridized carbons (Fsp3) is 0.350. The van der Waals surface area contributed by atoms with Gasteiger partial charge in [-0.25, -0.2) is 0 Å². The van der Waals surface area contributed by atoms with Crippen molar-refractivity contribution in [3.8, 4) is 5.75 Å². The Morgan fingerprint density at radius 3 is 2.12 bits per heavy atom. The van der Waals surface area contributed by atoms with Crippen LogP contribution in [0.1, 0.15) is 24.0 Å². The molecule has 2 aromatic rings. The summed E-state index contributed by atoms with van der Waals surface area (Å²) in [7, 11) is 5.55. The summed E-state index contributed by atoms with van der Waals surface area (Å²) < 4.78 is 10.9. The Balaban J connectivity index is 2.27. The maximum atomic E-state index is 12.8. The van der Waals surface area contributed by atoms with Crippen LogP contribution in [0.15, 0.2) is 54.6 Å². The summed E-state index contributed by atoms with van der Waals surface area (Å²) in [5.41, 5.74) is 1.81. The third kappa shape index (κ3) is 4.83. The number of carbonyl (C=O) groups is 1. The van der Waals surface area contributed by atoms with Gasteiger partial charge in [0.15, 0.2) is 0 Å². The van der Waals surface area contributed by atoms with Crippen LogP contribution in [0.3, 0.4) is 0 Å². The normalized spacial score (nSPS) is 13.4. The second kappa shape index (κ2) is 8.50. The van der Waals surface area contributed by atoms with E-state index in [1.54, 1.807) is 7.11 Å². The van der Waals surface area contributed by atoms with Crippen molar-refractivity contribution >= 4 is 5.97 Å². The van der Waals surface area contributed by atoms with Crippen LogP contribution in [0, 0.1) is 0 Å². The predicted molar refractivity (Wildman–Crippen MR) is 95.4 cm³/mol. The molecule has 0 saturated heterocycles. The highest BCUT2D eigenvalue weighted by atomic mass is 16.5. The zero-order valence-corrected chi connectivity index (χ0v) is 14.7. The van der Waals surface area contributed by atoms with E-state index in [9.17, 15) is 4.79 Å². The Kier molecular flexibility index (Phi) is 6.38. The Morgan fingerprint density at radius 1 is 1.00 bits per heavy atom. The minimum atomic E-state index is -0.443. The molecule has 0 radical (unpaired) electrons. The molecule has 4 heteroatoms. The molecule has 2 aromatic carbocycles. The van der Waals surface area contributed by atoms with Gasteiger partial charge in [0.1, 0.15) is 17.8 Å². The Morgan fingerprint density at radius 2 is 1.58 bits per heavy atom. The molecular weight excluding hydrogens is 302 g/mol. The quantitative estimate of drug-likeness (QED) is 0.731. The number of methoxy groups -OCH3 is 1. The molecule has 128 valence electrons. The molecule has 0 bridgehead atoms. The van der Waals surface area contributed by atoms with Crippen LogP contribution in [-0.2, 0) is 9.53 Å². The van der Waals surface area contributed by atoms with Crippen molar-refractivity contribution < 1.29 is 14.3 Å². The number of esters is 1. The molecule has 2 atom stereocenters. The molecule has 0 unspecified atom stereocenters. The van der Waals surface area contributed by atoms with Gasteiger partial charge < -0.3 is 14.4 Å². The topological polar surface area (TPSA) is 38.8 Å². The first kappa shape index (κ1) is 18.0. The lowest BCUT2D eigenvalue weighted by Crippen LogP contribution is -2.30. The number of benzene rings is 2. The van der Waals surface area contributed by atoms with Crippen molar-refractivity contribution in [3.63, 3.8) is 0 Å². The minimum Gasteiger partial charge on any atom is -0.497 e. The van der Waals surface area contributed by atoms with E-state index in [1.807, 2.05) is 80.5 Å². The second-order valence-electron chi connectivity index (χ2n) is 6.13. The van der Waals surface area contributed by atoms with Gasteiger partial charge in [0.25, 0.3) is 0 Å². The number of nitrogens with zero attached hydrogens (tertiary/aromatic N) is 1. The summed E-state index contributed by atoms with van der Waals surface area (Å²) in [6.07, 6.45) is -0.169. The van der Waals surface area contributed by atoms with Gasteiger partial charge in [-0.1, -0.05) is 42.5 Å². The van der Waals surface area contributed by atoms with Crippen LogP contribution in [-0.4, -0.2) is 44.7 Å². The lowest BCUT2D eigenvalue weighted by Gasteiger charge is -2.22. The van der Waals surface area contributed by atoms with E-state index in [-0.39, 0.29) is 12.1 Å². The summed E-state index contributed by atoms with van der Waals surface area (Å²) in [4.78, 5) is 14.8. The average Bonchev–Trinajstić information content (AvgIpc) is 2.56. The van der Waals surface area contributed by atoms with Gasteiger partial charge in [0.2, 0.25) is 0 Å². The zero-order chi connectivity index (χ0) is 17.5. The molecule has 0 N–H and O–H groups in total. The fourth-order valence-electron chi connectivity index (χ4n) is 2.72. The minimum absolute atomic E-state index is 0.169. The van der Waals surface area contributed by atoms with Gasteiger partial charge in [-0.3, -0.25) is 4.79 Å². The SMILES string of the molecule is COc1ccc([C@@H](C(=O)O[C@H](C)CN(C)C)c2ccccc2)cc1. The molecule has 0 fully saturated rings. The molecule has 2 rings (SSSR count). The smallest absolute Gasteiger partial charge is 0.318 e. The first-order chi connectivity index (χ1) is 11.5. The number of hydrogen-bond donors (Lipinski definition) is 0. The van der Waals surface area contributed by atoms with Gasteiger partial charge in [-0.2, -0.15) is 0 Å². The standard InChI is InChI=1S/C20H25NO3/c1-15(14-21(2)3)24-20(22)19(16-8-6-5-7-9-16)17-10-12-18(23-4)13-11-17/h5-13,15,19H,14H2,1-4H3/t15-,19+/m1/s1. The van der Waals surface area contributed by atoms with Gasteiger partial charge >= 0.3 is 5.97 Å². The lowest BCUT2D eigenvalue weighted by molar-refractivity contribution is -0.149. The molecular formula is C20H25NO3. The van der Waals surface area contributed by atoms with E-state index in [2.05, 4.69) is 0 Å². The van der Waals surface area contributed by atoms with Gasteiger partial charge in [0, 0.05) is 6.54 Å². The first-order valence-corrected chi connectivity index (χ1v) is 8.05. The van der Waals surface area contributed by atoms with Crippen molar-refractivity contribution in [1.29, 1.82) is 0 Å².